The molecule has 186 valence electrons. The summed E-state index contributed by atoms with van der Waals surface area (Å²) in [5.74, 6) is 1.53. The number of nitrogens with one attached hydrogen (secondary N) is 2. The van der Waals surface area contributed by atoms with Gasteiger partial charge in [0.1, 0.15) is 12.3 Å². The first-order valence-electron chi connectivity index (χ1n) is 11.1. The number of carbonyl (C=O) groups is 2. The van der Waals surface area contributed by atoms with Crippen LogP contribution in [0.25, 0.3) is 0 Å². The van der Waals surface area contributed by atoms with Crippen molar-refractivity contribution in [3.05, 3.63) is 29.8 Å². The Morgan fingerprint density at radius 3 is 2.39 bits per heavy atom. The van der Waals surface area contributed by atoms with E-state index in [1.54, 1.807) is 28.3 Å². The molecule has 1 aliphatic rings. The molecule has 0 saturated carbocycles. The highest BCUT2D eigenvalue weighted by Crippen LogP contribution is 2.12. The number of methoxy groups -OCH3 is 2. The molecule has 2 N–H and O–H groups in total. The number of aliphatic imine (C=N–C) groups is 1. The summed E-state index contributed by atoms with van der Waals surface area (Å²) >= 11 is 0. The summed E-state index contributed by atoms with van der Waals surface area (Å²) in [6.45, 7) is 2.62. The van der Waals surface area contributed by atoms with E-state index < -0.39 is 0 Å². The third kappa shape index (κ3) is 10.6. The SMILES string of the molecule is COCCC(=O)N1CCC(NC(=NCC(=O)N(C)C)NCCc2ccc(OC)cc2)CC1.I. The van der Waals surface area contributed by atoms with Crippen molar-refractivity contribution in [2.24, 2.45) is 4.99 Å². The summed E-state index contributed by atoms with van der Waals surface area (Å²) in [6.07, 6.45) is 2.90. The van der Waals surface area contributed by atoms with Crippen LogP contribution in [0.15, 0.2) is 29.3 Å². The topological polar surface area (TPSA) is 95.5 Å². The molecule has 33 heavy (non-hydrogen) atoms. The highest BCUT2D eigenvalue weighted by molar-refractivity contribution is 14.0. The number of amides is 2. The maximum Gasteiger partial charge on any atom is 0.243 e. The normalized spacial score (nSPS) is 14.3. The first-order valence-corrected chi connectivity index (χ1v) is 11.1. The molecule has 0 aromatic heterocycles. The Bertz CT molecular complexity index is 750. The van der Waals surface area contributed by atoms with Crippen molar-refractivity contribution in [3.63, 3.8) is 0 Å². The van der Waals surface area contributed by atoms with Gasteiger partial charge in [0.15, 0.2) is 5.96 Å². The minimum absolute atomic E-state index is 0. The van der Waals surface area contributed by atoms with Crippen molar-refractivity contribution in [1.82, 2.24) is 20.4 Å². The van der Waals surface area contributed by atoms with Gasteiger partial charge >= 0.3 is 0 Å². The van der Waals surface area contributed by atoms with Gasteiger partial charge in [0, 0.05) is 46.9 Å². The fourth-order valence-electron chi connectivity index (χ4n) is 3.37. The second kappa shape index (κ2) is 15.7. The summed E-state index contributed by atoms with van der Waals surface area (Å²) in [5.41, 5.74) is 1.19. The Morgan fingerprint density at radius 1 is 1.15 bits per heavy atom. The molecule has 0 bridgehead atoms. The standard InChI is InChI=1S/C23H37N5O4.HI/c1-27(2)22(30)17-25-23(24-13-9-18-5-7-20(32-4)8-6-18)26-19-10-14-28(15-11-19)21(29)12-16-31-3;/h5-8,19H,9-17H2,1-4H3,(H2,24,25,26);1H. The number of halogens is 1. The molecule has 9 nitrogen and oxygen atoms in total. The van der Waals surface area contributed by atoms with Gasteiger partial charge in [-0.1, -0.05) is 12.1 Å². The van der Waals surface area contributed by atoms with Crippen LogP contribution in [-0.2, 0) is 20.7 Å². The number of hydrogen-bond donors (Lipinski definition) is 2. The zero-order valence-electron chi connectivity index (χ0n) is 20.1. The maximum absolute atomic E-state index is 12.2. The summed E-state index contributed by atoms with van der Waals surface area (Å²) < 4.78 is 10.2. The van der Waals surface area contributed by atoms with E-state index in [-0.39, 0.29) is 48.4 Å². The number of ether oxygens (including phenoxy) is 2. The molecule has 1 aliphatic heterocycles. The number of hydrogen-bond acceptors (Lipinski definition) is 5. The van der Waals surface area contributed by atoms with Crippen molar-refractivity contribution >= 4 is 41.8 Å². The van der Waals surface area contributed by atoms with Gasteiger partial charge in [0.05, 0.1) is 20.1 Å². The molecule has 1 fully saturated rings. The van der Waals surface area contributed by atoms with Crippen LogP contribution in [0.2, 0.25) is 0 Å². The van der Waals surface area contributed by atoms with Gasteiger partial charge in [-0.2, -0.15) is 0 Å². The lowest BCUT2D eigenvalue weighted by Crippen LogP contribution is -2.50. The van der Waals surface area contributed by atoms with Crippen molar-refractivity contribution < 1.29 is 19.1 Å². The Kier molecular flexibility index (Phi) is 13.8. The molecule has 1 saturated heterocycles. The maximum atomic E-state index is 12.2. The number of likely N-dealkylation sites (tertiary alicyclic amines) is 1. The number of piperidine rings is 1. The molecule has 1 heterocycles. The lowest BCUT2D eigenvalue weighted by molar-refractivity contribution is -0.133. The van der Waals surface area contributed by atoms with Gasteiger partial charge in [0.2, 0.25) is 11.8 Å². The van der Waals surface area contributed by atoms with Crippen LogP contribution in [-0.4, -0.2) is 94.7 Å². The summed E-state index contributed by atoms with van der Waals surface area (Å²) in [5, 5.41) is 6.78. The van der Waals surface area contributed by atoms with Crippen molar-refractivity contribution in [3.8, 4) is 5.75 Å². The van der Waals surface area contributed by atoms with E-state index in [9.17, 15) is 9.59 Å². The molecule has 2 amide bonds. The highest BCUT2D eigenvalue weighted by Gasteiger charge is 2.23. The molecule has 1 aromatic rings. The van der Waals surface area contributed by atoms with Crippen LogP contribution in [0.3, 0.4) is 0 Å². The molecule has 0 aliphatic carbocycles. The molecule has 0 unspecified atom stereocenters. The zero-order chi connectivity index (χ0) is 23.3. The van der Waals surface area contributed by atoms with Gasteiger partial charge in [-0.25, -0.2) is 4.99 Å². The Labute approximate surface area is 214 Å². The van der Waals surface area contributed by atoms with Gasteiger partial charge < -0.3 is 29.9 Å². The number of carbonyl (C=O) groups excluding carboxylic acids is 2. The minimum atomic E-state index is -0.0557. The molecule has 0 spiro atoms. The second-order valence-electron chi connectivity index (χ2n) is 8.02. The number of rotatable bonds is 10. The van der Waals surface area contributed by atoms with Gasteiger partial charge in [-0.15, -0.1) is 24.0 Å². The van der Waals surface area contributed by atoms with Crippen molar-refractivity contribution in [2.75, 3.05) is 61.1 Å². The molecule has 0 radical (unpaired) electrons. The molecular formula is C23H38IN5O4. The Balaban J connectivity index is 0.00000544. The first-order chi connectivity index (χ1) is 15.4. The molecule has 1 aromatic carbocycles. The van der Waals surface area contributed by atoms with E-state index in [2.05, 4.69) is 15.6 Å². The smallest absolute Gasteiger partial charge is 0.243 e. The molecular weight excluding hydrogens is 537 g/mol. The van der Waals surface area contributed by atoms with Crippen molar-refractivity contribution in [2.45, 2.75) is 31.7 Å². The largest absolute Gasteiger partial charge is 0.497 e. The average molecular weight is 575 g/mol. The quantitative estimate of drug-likeness (QED) is 0.250. The molecule has 10 heteroatoms. The van der Waals surface area contributed by atoms with E-state index >= 15 is 0 Å². The minimum Gasteiger partial charge on any atom is -0.497 e. The number of benzene rings is 1. The van der Waals surface area contributed by atoms with E-state index in [0.29, 0.717) is 38.6 Å². The van der Waals surface area contributed by atoms with Crippen LogP contribution < -0.4 is 15.4 Å². The van der Waals surface area contributed by atoms with E-state index in [4.69, 9.17) is 9.47 Å². The summed E-state index contributed by atoms with van der Waals surface area (Å²) in [7, 11) is 6.70. The van der Waals surface area contributed by atoms with Crippen LogP contribution >= 0.6 is 24.0 Å². The average Bonchev–Trinajstić information content (AvgIpc) is 2.81. The Morgan fingerprint density at radius 2 is 1.82 bits per heavy atom. The third-order valence-electron chi connectivity index (χ3n) is 5.44. The number of nitrogens with zero attached hydrogens (tertiary/aromatic N) is 3. The van der Waals surface area contributed by atoms with E-state index in [1.807, 2.05) is 29.2 Å². The monoisotopic (exact) mass is 575 g/mol. The van der Waals surface area contributed by atoms with Gasteiger partial charge in [-0.05, 0) is 37.0 Å². The van der Waals surface area contributed by atoms with Gasteiger partial charge in [-0.3, -0.25) is 9.59 Å². The fourth-order valence-corrected chi connectivity index (χ4v) is 3.37. The van der Waals surface area contributed by atoms with Crippen LogP contribution in [0, 0.1) is 0 Å². The predicted octanol–water partition coefficient (Wildman–Crippen LogP) is 1.51. The number of likely N-dealkylation sites (N-methyl/N-ethyl adjacent to an activating group) is 1. The lowest BCUT2D eigenvalue weighted by atomic mass is 10.0. The molecule has 0 atom stereocenters. The van der Waals surface area contributed by atoms with Crippen LogP contribution in [0.1, 0.15) is 24.8 Å². The lowest BCUT2D eigenvalue weighted by Gasteiger charge is -2.33. The predicted molar refractivity (Wildman–Crippen MR) is 140 cm³/mol. The summed E-state index contributed by atoms with van der Waals surface area (Å²) in [4.78, 5) is 32.1. The van der Waals surface area contributed by atoms with Crippen LogP contribution in [0.5, 0.6) is 5.75 Å². The van der Waals surface area contributed by atoms with Crippen molar-refractivity contribution in [1.29, 1.82) is 0 Å². The molecule has 2 rings (SSSR count). The van der Waals surface area contributed by atoms with E-state index in [1.165, 1.54) is 10.5 Å². The number of guanidine groups is 1. The fraction of sp³-hybridized carbons (Fsp3) is 0.609. The van der Waals surface area contributed by atoms with E-state index in [0.717, 1.165) is 25.0 Å². The second-order valence-corrected chi connectivity index (χ2v) is 8.02. The third-order valence-corrected chi connectivity index (χ3v) is 5.44. The zero-order valence-corrected chi connectivity index (χ0v) is 22.5. The van der Waals surface area contributed by atoms with Gasteiger partial charge in [0.25, 0.3) is 0 Å². The summed E-state index contributed by atoms with van der Waals surface area (Å²) in [6, 6.07) is 8.16. The first kappa shape index (κ1) is 29.0. The Hall–Kier alpha value is -2.08. The van der Waals surface area contributed by atoms with Crippen LogP contribution in [0.4, 0.5) is 0 Å². The highest BCUT2D eigenvalue weighted by atomic mass is 127.